The molecule has 22 heavy (non-hydrogen) atoms. The molecule has 0 amide bonds. The van der Waals surface area contributed by atoms with Crippen molar-refractivity contribution in [3.8, 4) is 11.1 Å². The number of benzene rings is 3. The molecule has 0 aromatic heterocycles. The second-order valence-electron chi connectivity index (χ2n) is 5.76. The zero-order valence-electron chi connectivity index (χ0n) is 13.2. The first-order chi connectivity index (χ1) is 10.7. The monoisotopic (exact) mass is 287 g/mol. The topological polar surface area (TPSA) is 3.24 Å². The molecular formula is C21H21N. The standard InChI is InChI=1S/C21H21N/c1-17-11-13-19(14-12-17)20-9-6-10-21(15-20)22(2)16-18-7-4-3-5-8-18/h3-15H,16H2,1-2H3. The zero-order valence-corrected chi connectivity index (χ0v) is 13.2. The lowest BCUT2D eigenvalue weighted by Gasteiger charge is -2.20. The van der Waals surface area contributed by atoms with Crippen molar-refractivity contribution in [1.29, 1.82) is 0 Å². The molecule has 0 saturated heterocycles. The smallest absolute Gasteiger partial charge is 0.0426 e. The van der Waals surface area contributed by atoms with Crippen molar-refractivity contribution in [1.82, 2.24) is 0 Å². The Morgan fingerprint density at radius 2 is 1.45 bits per heavy atom. The van der Waals surface area contributed by atoms with Gasteiger partial charge in [0.1, 0.15) is 0 Å². The van der Waals surface area contributed by atoms with Gasteiger partial charge in [-0.15, -0.1) is 0 Å². The van der Waals surface area contributed by atoms with E-state index in [0.717, 1.165) is 6.54 Å². The number of rotatable bonds is 4. The first-order valence-electron chi connectivity index (χ1n) is 7.64. The molecule has 0 aliphatic carbocycles. The highest BCUT2D eigenvalue weighted by Gasteiger charge is 2.04. The fourth-order valence-corrected chi connectivity index (χ4v) is 2.62. The van der Waals surface area contributed by atoms with E-state index in [1.165, 1.54) is 27.9 Å². The Balaban J connectivity index is 1.83. The van der Waals surface area contributed by atoms with Crippen LogP contribution in [-0.4, -0.2) is 7.05 Å². The van der Waals surface area contributed by atoms with Crippen LogP contribution in [0, 0.1) is 6.92 Å². The fourth-order valence-electron chi connectivity index (χ4n) is 2.62. The third-order valence-electron chi connectivity index (χ3n) is 3.93. The van der Waals surface area contributed by atoms with Gasteiger partial charge in [0.25, 0.3) is 0 Å². The molecule has 0 fully saturated rings. The lowest BCUT2D eigenvalue weighted by molar-refractivity contribution is 0.923. The van der Waals surface area contributed by atoms with E-state index in [0.29, 0.717) is 0 Å². The van der Waals surface area contributed by atoms with Gasteiger partial charge in [0.05, 0.1) is 0 Å². The van der Waals surface area contributed by atoms with Gasteiger partial charge >= 0.3 is 0 Å². The van der Waals surface area contributed by atoms with Crippen LogP contribution in [0.15, 0.2) is 78.9 Å². The van der Waals surface area contributed by atoms with Crippen LogP contribution in [0.4, 0.5) is 5.69 Å². The summed E-state index contributed by atoms with van der Waals surface area (Å²) >= 11 is 0. The van der Waals surface area contributed by atoms with E-state index in [-0.39, 0.29) is 0 Å². The Hall–Kier alpha value is -2.54. The summed E-state index contributed by atoms with van der Waals surface area (Å²) in [5, 5.41) is 0. The Morgan fingerprint density at radius 1 is 0.727 bits per heavy atom. The molecular weight excluding hydrogens is 266 g/mol. The van der Waals surface area contributed by atoms with Gasteiger partial charge in [-0.05, 0) is 35.7 Å². The van der Waals surface area contributed by atoms with Crippen molar-refractivity contribution in [3.05, 3.63) is 90.0 Å². The lowest BCUT2D eigenvalue weighted by Crippen LogP contribution is -2.16. The van der Waals surface area contributed by atoms with Crippen molar-refractivity contribution < 1.29 is 0 Å². The van der Waals surface area contributed by atoms with Crippen molar-refractivity contribution in [2.24, 2.45) is 0 Å². The van der Waals surface area contributed by atoms with E-state index in [1.807, 2.05) is 0 Å². The molecule has 1 nitrogen and oxygen atoms in total. The molecule has 1 heteroatoms. The molecule has 0 bridgehead atoms. The van der Waals surface area contributed by atoms with Crippen molar-refractivity contribution in [2.75, 3.05) is 11.9 Å². The molecule has 110 valence electrons. The normalized spacial score (nSPS) is 10.5. The van der Waals surface area contributed by atoms with Gasteiger partial charge in [-0.2, -0.15) is 0 Å². The Kier molecular flexibility index (Phi) is 4.24. The number of aryl methyl sites for hydroxylation is 1. The molecule has 0 N–H and O–H groups in total. The van der Waals surface area contributed by atoms with Crippen molar-refractivity contribution in [2.45, 2.75) is 13.5 Å². The van der Waals surface area contributed by atoms with Crippen LogP contribution in [-0.2, 0) is 6.54 Å². The van der Waals surface area contributed by atoms with Gasteiger partial charge in [0.2, 0.25) is 0 Å². The molecule has 0 saturated carbocycles. The highest BCUT2D eigenvalue weighted by atomic mass is 15.1. The van der Waals surface area contributed by atoms with Crippen LogP contribution in [0.1, 0.15) is 11.1 Å². The van der Waals surface area contributed by atoms with Crippen LogP contribution in [0.3, 0.4) is 0 Å². The van der Waals surface area contributed by atoms with Gasteiger partial charge in [0, 0.05) is 19.3 Å². The maximum atomic E-state index is 2.28. The SMILES string of the molecule is Cc1ccc(-c2cccc(N(C)Cc3ccccc3)c2)cc1. The van der Waals surface area contributed by atoms with E-state index in [2.05, 4.69) is 97.7 Å². The summed E-state index contributed by atoms with van der Waals surface area (Å²) in [6.45, 7) is 3.03. The molecule has 0 heterocycles. The average molecular weight is 287 g/mol. The van der Waals surface area contributed by atoms with Crippen LogP contribution >= 0.6 is 0 Å². The lowest BCUT2D eigenvalue weighted by atomic mass is 10.0. The van der Waals surface area contributed by atoms with E-state index in [4.69, 9.17) is 0 Å². The van der Waals surface area contributed by atoms with E-state index < -0.39 is 0 Å². The predicted octanol–water partition coefficient (Wildman–Crippen LogP) is 5.30. The van der Waals surface area contributed by atoms with Crippen LogP contribution < -0.4 is 4.90 Å². The van der Waals surface area contributed by atoms with Gasteiger partial charge in [-0.25, -0.2) is 0 Å². The second-order valence-corrected chi connectivity index (χ2v) is 5.76. The average Bonchev–Trinajstić information content (AvgIpc) is 2.56. The first-order valence-corrected chi connectivity index (χ1v) is 7.64. The Labute approximate surface area is 132 Å². The minimum absolute atomic E-state index is 0.915. The highest BCUT2D eigenvalue weighted by molar-refractivity contribution is 5.68. The highest BCUT2D eigenvalue weighted by Crippen LogP contribution is 2.25. The fraction of sp³-hybridized carbons (Fsp3) is 0.143. The third-order valence-corrected chi connectivity index (χ3v) is 3.93. The van der Waals surface area contributed by atoms with Crippen LogP contribution in [0.2, 0.25) is 0 Å². The van der Waals surface area contributed by atoms with Crippen molar-refractivity contribution >= 4 is 5.69 Å². The van der Waals surface area contributed by atoms with Crippen molar-refractivity contribution in [3.63, 3.8) is 0 Å². The quantitative estimate of drug-likeness (QED) is 0.629. The minimum atomic E-state index is 0.915. The van der Waals surface area contributed by atoms with Gasteiger partial charge in [-0.3, -0.25) is 0 Å². The number of hydrogen-bond donors (Lipinski definition) is 0. The molecule has 3 aromatic rings. The summed E-state index contributed by atoms with van der Waals surface area (Å²) in [6.07, 6.45) is 0. The Bertz CT molecular complexity index is 729. The Morgan fingerprint density at radius 3 is 2.18 bits per heavy atom. The molecule has 3 rings (SSSR count). The predicted molar refractivity (Wildman–Crippen MR) is 95.2 cm³/mol. The summed E-state index contributed by atoms with van der Waals surface area (Å²) in [7, 11) is 2.14. The van der Waals surface area contributed by atoms with Crippen LogP contribution in [0.5, 0.6) is 0 Å². The van der Waals surface area contributed by atoms with E-state index in [9.17, 15) is 0 Å². The molecule has 3 aromatic carbocycles. The molecule has 0 atom stereocenters. The molecule has 0 unspecified atom stereocenters. The van der Waals surface area contributed by atoms with E-state index in [1.54, 1.807) is 0 Å². The van der Waals surface area contributed by atoms with Gasteiger partial charge in [0.15, 0.2) is 0 Å². The number of hydrogen-bond acceptors (Lipinski definition) is 1. The minimum Gasteiger partial charge on any atom is -0.370 e. The third kappa shape index (κ3) is 3.37. The zero-order chi connectivity index (χ0) is 15.4. The summed E-state index contributed by atoms with van der Waals surface area (Å²) in [6, 6.07) is 28.0. The summed E-state index contributed by atoms with van der Waals surface area (Å²) in [4.78, 5) is 2.28. The molecule has 0 spiro atoms. The first kappa shape index (κ1) is 14.4. The largest absolute Gasteiger partial charge is 0.370 e. The molecule has 0 aliphatic heterocycles. The second kappa shape index (κ2) is 6.48. The maximum Gasteiger partial charge on any atom is 0.0426 e. The van der Waals surface area contributed by atoms with Gasteiger partial charge < -0.3 is 4.90 Å². The van der Waals surface area contributed by atoms with Crippen LogP contribution in [0.25, 0.3) is 11.1 Å². The number of anilines is 1. The molecule has 0 aliphatic rings. The van der Waals surface area contributed by atoms with Gasteiger partial charge in [-0.1, -0.05) is 72.3 Å². The summed E-state index contributed by atoms with van der Waals surface area (Å²) in [5.41, 5.74) is 6.38. The number of nitrogens with zero attached hydrogens (tertiary/aromatic N) is 1. The summed E-state index contributed by atoms with van der Waals surface area (Å²) < 4.78 is 0. The molecule has 0 radical (unpaired) electrons. The van der Waals surface area contributed by atoms with E-state index >= 15 is 0 Å². The summed E-state index contributed by atoms with van der Waals surface area (Å²) in [5.74, 6) is 0. The maximum absolute atomic E-state index is 2.28.